The van der Waals surface area contributed by atoms with Crippen LogP contribution < -0.4 is 14.8 Å². The van der Waals surface area contributed by atoms with Gasteiger partial charge in [0.05, 0.1) is 7.11 Å². The molecule has 2 heterocycles. The minimum absolute atomic E-state index is 0.273. The SMILES string of the molecule is COc1cc(CC2CCCN2)ccc1OC1CCCN(C)C1. The largest absolute Gasteiger partial charge is 0.493 e. The molecule has 0 saturated carbocycles. The van der Waals surface area contributed by atoms with Gasteiger partial charge in [0, 0.05) is 12.6 Å². The number of piperidine rings is 1. The maximum Gasteiger partial charge on any atom is 0.161 e. The van der Waals surface area contributed by atoms with Gasteiger partial charge >= 0.3 is 0 Å². The first-order chi connectivity index (χ1) is 10.7. The summed E-state index contributed by atoms with van der Waals surface area (Å²) in [6, 6.07) is 7.02. The fraction of sp³-hybridized carbons (Fsp3) is 0.667. The van der Waals surface area contributed by atoms with Gasteiger partial charge in [-0.1, -0.05) is 6.07 Å². The fourth-order valence-electron chi connectivity index (χ4n) is 3.55. The minimum atomic E-state index is 0.273. The van der Waals surface area contributed by atoms with Crippen molar-refractivity contribution in [3.05, 3.63) is 23.8 Å². The Hall–Kier alpha value is -1.26. The smallest absolute Gasteiger partial charge is 0.161 e. The number of rotatable bonds is 5. The first-order valence-corrected chi connectivity index (χ1v) is 8.50. The second-order valence-electron chi connectivity index (χ2n) is 6.63. The number of nitrogens with zero attached hydrogens (tertiary/aromatic N) is 1. The van der Waals surface area contributed by atoms with Crippen molar-refractivity contribution in [1.29, 1.82) is 0 Å². The Morgan fingerprint density at radius 3 is 2.86 bits per heavy atom. The molecule has 2 atom stereocenters. The molecule has 22 heavy (non-hydrogen) atoms. The van der Waals surface area contributed by atoms with Gasteiger partial charge in [0.25, 0.3) is 0 Å². The predicted molar refractivity (Wildman–Crippen MR) is 88.9 cm³/mol. The van der Waals surface area contributed by atoms with Crippen LogP contribution in [0, 0.1) is 0 Å². The highest BCUT2D eigenvalue weighted by atomic mass is 16.5. The molecule has 4 nitrogen and oxygen atoms in total. The van der Waals surface area contributed by atoms with Crippen molar-refractivity contribution in [3.63, 3.8) is 0 Å². The molecule has 1 aromatic rings. The van der Waals surface area contributed by atoms with Crippen molar-refractivity contribution in [1.82, 2.24) is 10.2 Å². The van der Waals surface area contributed by atoms with E-state index >= 15 is 0 Å². The van der Waals surface area contributed by atoms with Crippen molar-refractivity contribution < 1.29 is 9.47 Å². The van der Waals surface area contributed by atoms with E-state index in [4.69, 9.17) is 9.47 Å². The van der Waals surface area contributed by atoms with E-state index in [0.29, 0.717) is 6.04 Å². The summed E-state index contributed by atoms with van der Waals surface area (Å²) < 4.78 is 11.8. The lowest BCUT2D eigenvalue weighted by atomic mass is 10.0. The molecule has 0 radical (unpaired) electrons. The molecule has 2 saturated heterocycles. The first kappa shape index (κ1) is 15.6. The molecule has 0 aromatic heterocycles. The Kier molecular flexibility index (Phi) is 5.21. The van der Waals surface area contributed by atoms with Crippen LogP contribution in [-0.4, -0.2) is 50.8 Å². The maximum absolute atomic E-state index is 6.19. The number of hydrogen-bond donors (Lipinski definition) is 1. The van der Waals surface area contributed by atoms with Gasteiger partial charge in [0.15, 0.2) is 11.5 Å². The minimum Gasteiger partial charge on any atom is -0.493 e. The Bertz CT molecular complexity index is 486. The van der Waals surface area contributed by atoms with Gasteiger partial charge in [-0.25, -0.2) is 0 Å². The molecule has 2 aliphatic rings. The van der Waals surface area contributed by atoms with E-state index < -0.39 is 0 Å². The van der Waals surface area contributed by atoms with Crippen LogP contribution in [0.5, 0.6) is 11.5 Å². The van der Waals surface area contributed by atoms with Gasteiger partial charge in [0.1, 0.15) is 6.10 Å². The lowest BCUT2D eigenvalue weighted by Crippen LogP contribution is -2.38. The van der Waals surface area contributed by atoms with Crippen molar-refractivity contribution in [3.8, 4) is 11.5 Å². The molecule has 2 fully saturated rings. The average Bonchev–Trinajstić information content (AvgIpc) is 3.02. The summed E-state index contributed by atoms with van der Waals surface area (Å²) >= 11 is 0. The predicted octanol–water partition coefficient (Wildman–Crippen LogP) is 2.46. The summed E-state index contributed by atoms with van der Waals surface area (Å²) in [5, 5.41) is 3.55. The fourth-order valence-corrected chi connectivity index (χ4v) is 3.55. The summed E-state index contributed by atoms with van der Waals surface area (Å²) in [4.78, 5) is 2.33. The molecule has 1 N–H and O–H groups in total. The van der Waals surface area contributed by atoms with Crippen LogP contribution in [0.15, 0.2) is 18.2 Å². The lowest BCUT2D eigenvalue weighted by Gasteiger charge is -2.30. The van der Waals surface area contributed by atoms with E-state index in [-0.39, 0.29) is 6.10 Å². The van der Waals surface area contributed by atoms with E-state index in [1.54, 1.807) is 7.11 Å². The molecule has 0 spiro atoms. The second-order valence-corrected chi connectivity index (χ2v) is 6.63. The van der Waals surface area contributed by atoms with Crippen molar-refractivity contribution in [2.24, 2.45) is 0 Å². The lowest BCUT2D eigenvalue weighted by molar-refractivity contribution is 0.101. The zero-order chi connectivity index (χ0) is 15.4. The topological polar surface area (TPSA) is 33.7 Å². The standard InChI is InChI=1S/C18H28N2O2/c1-20-10-4-6-16(13-20)22-17-8-7-14(12-18(17)21-2)11-15-5-3-9-19-15/h7-8,12,15-16,19H,3-6,9-11,13H2,1-2H3. The van der Waals surface area contributed by atoms with Crippen molar-refractivity contribution in [2.75, 3.05) is 33.8 Å². The molecule has 0 bridgehead atoms. The van der Waals surface area contributed by atoms with E-state index in [0.717, 1.165) is 37.4 Å². The van der Waals surface area contributed by atoms with Gasteiger partial charge in [-0.3, -0.25) is 0 Å². The molecule has 0 amide bonds. The molecule has 0 aliphatic carbocycles. The Balaban J connectivity index is 1.65. The molecule has 122 valence electrons. The number of methoxy groups -OCH3 is 1. The quantitative estimate of drug-likeness (QED) is 0.906. The van der Waals surface area contributed by atoms with Crippen LogP contribution in [0.4, 0.5) is 0 Å². The molecular formula is C18H28N2O2. The molecular weight excluding hydrogens is 276 g/mol. The Morgan fingerprint density at radius 1 is 1.23 bits per heavy atom. The number of benzene rings is 1. The van der Waals surface area contributed by atoms with E-state index in [1.807, 2.05) is 0 Å². The van der Waals surface area contributed by atoms with Crippen LogP contribution >= 0.6 is 0 Å². The maximum atomic E-state index is 6.19. The normalized spacial score (nSPS) is 26.1. The monoisotopic (exact) mass is 304 g/mol. The van der Waals surface area contributed by atoms with Crippen molar-refractivity contribution >= 4 is 0 Å². The number of likely N-dealkylation sites (tertiary alicyclic amines) is 1. The van der Waals surface area contributed by atoms with Gasteiger partial charge in [0.2, 0.25) is 0 Å². The van der Waals surface area contributed by atoms with E-state index in [1.165, 1.54) is 31.4 Å². The van der Waals surface area contributed by atoms with Crippen LogP contribution in [0.1, 0.15) is 31.2 Å². The molecule has 4 heteroatoms. The molecule has 2 aliphatic heterocycles. The average molecular weight is 304 g/mol. The van der Waals surface area contributed by atoms with E-state index in [2.05, 4.69) is 35.5 Å². The van der Waals surface area contributed by atoms with Crippen LogP contribution in [-0.2, 0) is 6.42 Å². The second kappa shape index (κ2) is 7.34. The molecule has 2 unspecified atom stereocenters. The van der Waals surface area contributed by atoms with Crippen molar-refractivity contribution in [2.45, 2.75) is 44.2 Å². The van der Waals surface area contributed by atoms with Gasteiger partial charge in [-0.05, 0) is 69.9 Å². The van der Waals surface area contributed by atoms with Crippen LogP contribution in [0.3, 0.4) is 0 Å². The van der Waals surface area contributed by atoms with Crippen LogP contribution in [0.25, 0.3) is 0 Å². The van der Waals surface area contributed by atoms with Crippen LogP contribution in [0.2, 0.25) is 0 Å². The number of nitrogens with one attached hydrogen (secondary N) is 1. The summed E-state index contributed by atoms with van der Waals surface area (Å²) in [7, 11) is 3.89. The zero-order valence-electron chi connectivity index (χ0n) is 13.8. The summed E-state index contributed by atoms with van der Waals surface area (Å²) in [6.45, 7) is 3.32. The Labute approximate surface area is 133 Å². The van der Waals surface area contributed by atoms with Gasteiger partial charge in [-0.2, -0.15) is 0 Å². The molecule has 3 rings (SSSR count). The van der Waals surface area contributed by atoms with E-state index in [9.17, 15) is 0 Å². The summed E-state index contributed by atoms with van der Waals surface area (Å²) in [6.07, 6.45) is 6.24. The summed E-state index contributed by atoms with van der Waals surface area (Å²) in [5.74, 6) is 1.75. The highest BCUT2D eigenvalue weighted by molar-refractivity contribution is 5.43. The number of likely N-dealkylation sites (N-methyl/N-ethyl adjacent to an activating group) is 1. The van der Waals surface area contributed by atoms with Gasteiger partial charge in [-0.15, -0.1) is 0 Å². The zero-order valence-corrected chi connectivity index (χ0v) is 13.8. The first-order valence-electron chi connectivity index (χ1n) is 8.50. The number of ether oxygens (including phenoxy) is 2. The third kappa shape index (κ3) is 3.93. The summed E-state index contributed by atoms with van der Waals surface area (Å²) in [5.41, 5.74) is 1.32. The Morgan fingerprint density at radius 2 is 2.14 bits per heavy atom. The highest BCUT2D eigenvalue weighted by Crippen LogP contribution is 2.31. The number of hydrogen-bond acceptors (Lipinski definition) is 4. The third-order valence-corrected chi connectivity index (χ3v) is 4.75. The third-order valence-electron chi connectivity index (χ3n) is 4.75. The highest BCUT2D eigenvalue weighted by Gasteiger charge is 2.21. The molecule has 1 aromatic carbocycles. The van der Waals surface area contributed by atoms with Gasteiger partial charge < -0.3 is 19.7 Å².